The van der Waals surface area contributed by atoms with Gasteiger partial charge in [0.25, 0.3) is 5.91 Å². The maximum atomic E-state index is 14.4. The maximum absolute atomic E-state index is 14.4. The van der Waals surface area contributed by atoms with Crippen LogP contribution in [0.4, 0.5) is 5.69 Å². The number of imide groups is 1. The molecule has 1 heterocycles. The van der Waals surface area contributed by atoms with E-state index in [1.807, 2.05) is 26.0 Å². The van der Waals surface area contributed by atoms with Crippen LogP contribution < -0.4 is 4.90 Å². The number of nitrogens with zero attached hydrogens (tertiary/aromatic N) is 2. The summed E-state index contributed by atoms with van der Waals surface area (Å²) in [5, 5.41) is 0.516. The number of amides is 2. The maximum Gasteiger partial charge on any atom is 0.338 e. The number of aryl methyl sites for hydroxylation is 2. The molecule has 0 N–H and O–H groups in total. The number of hydrogen-bond donors (Lipinski definition) is 0. The van der Waals surface area contributed by atoms with Gasteiger partial charge < -0.3 is 4.74 Å². The fourth-order valence-corrected chi connectivity index (χ4v) is 7.51. The lowest BCUT2D eigenvalue weighted by atomic mass is 10.0. The smallest absolute Gasteiger partial charge is 0.338 e. The fourth-order valence-electron chi connectivity index (χ4n) is 5.13. The van der Waals surface area contributed by atoms with Crippen molar-refractivity contribution in [2.75, 3.05) is 18.1 Å². The van der Waals surface area contributed by atoms with Gasteiger partial charge in [0.05, 0.1) is 29.2 Å². The number of carbonyl (C=O) groups excluding carboxylic acids is 3. The number of halogens is 1. The normalized spacial score (nSPS) is 15.6. The van der Waals surface area contributed by atoms with Crippen LogP contribution in [0.2, 0.25) is 5.02 Å². The minimum atomic E-state index is -4.22. The van der Waals surface area contributed by atoms with Crippen molar-refractivity contribution in [3.63, 3.8) is 0 Å². The number of rotatable bonds is 9. The summed E-state index contributed by atoms with van der Waals surface area (Å²) in [6, 6.07) is 13.7. The van der Waals surface area contributed by atoms with Crippen molar-refractivity contribution in [2.24, 2.45) is 0 Å². The summed E-state index contributed by atoms with van der Waals surface area (Å²) in [5.41, 5.74) is 4.17. The summed E-state index contributed by atoms with van der Waals surface area (Å²) in [4.78, 5) is 40.2. The fraction of sp³-hybridized carbons (Fsp3) is 0.323. The first-order valence-electron chi connectivity index (χ1n) is 13.3. The van der Waals surface area contributed by atoms with Crippen LogP contribution in [0.5, 0.6) is 0 Å². The Labute approximate surface area is 245 Å². The van der Waals surface area contributed by atoms with E-state index in [0.717, 1.165) is 25.9 Å². The van der Waals surface area contributed by atoms with E-state index < -0.39 is 33.8 Å². The number of carbonyl (C=O) groups is 3. The molecule has 1 aliphatic heterocycles. The number of sulfonamides is 1. The first kappa shape index (κ1) is 30.4. The van der Waals surface area contributed by atoms with Gasteiger partial charge in [0, 0.05) is 11.6 Å². The molecule has 0 spiro atoms. The summed E-state index contributed by atoms with van der Waals surface area (Å²) in [6.07, 6.45) is -0.0228. The molecule has 1 fully saturated rings. The lowest BCUT2D eigenvalue weighted by molar-refractivity contribution is -0.122. The van der Waals surface area contributed by atoms with E-state index in [0.29, 0.717) is 16.1 Å². The van der Waals surface area contributed by atoms with Gasteiger partial charge in [0.1, 0.15) is 6.04 Å². The largest absolute Gasteiger partial charge is 0.462 e. The molecule has 0 aromatic heterocycles. The van der Waals surface area contributed by atoms with E-state index in [2.05, 4.69) is 0 Å². The van der Waals surface area contributed by atoms with Gasteiger partial charge in [-0.25, -0.2) is 18.1 Å². The topological polar surface area (TPSA) is 101 Å². The highest BCUT2D eigenvalue weighted by Gasteiger charge is 2.47. The monoisotopic (exact) mass is 596 g/mol. The Morgan fingerprint density at radius 2 is 1.63 bits per heavy atom. The summed E-state index contributed by atoms with van der Waals surface area (Å²) < 4.78 is 35.0. The number of benzene rings is 3. The third kappa shape index (κ3) is 6.07. The summed E-state index contributed by atoms with van der Waals surface area (Å²) in [5.74, 6) is -1.69. The second-order valence-corrected chi connectivity index (χ2v) is 12.4. The molecule has 3 aromatic rings. The second-order valence-electron chi connectivity index (χ2n) is 10.1. The van der Waals surface area contributed by atoms with Gasteiger partial charge in [-0.2, -0.15) is 4.31 Å². The lowest BCUT2D eigenvalue weighted by Crippen LogP contribution is -2.46. The molecule has 2 amide bonds. The molecule has 10 heteroatoms. The van der Waals surface area contributed by atoms with Gasteiger partial charge >= 0.3 is 5.97 Å². The Bertz CT molecular complexity index is 1590. The van der Waals surface area contributed by atoms with Crippen LogP contribution in [-0.4, -0.2) is 49.7 Å². The standard InChI is InChI=1S/C31H33ClN2O6S/c1-6-40-31(37)24-10-12-26(13-11-24)34-28(35)18-27(30(34)36)33(15-14-23-8-7-9-25(32)17-23)41(38,39)29-21(4)19(2)16-20(3)22(29)5/h7-13,16-17,27H,6,14-15,18H2,1-5H3. The van der Waals surface area contributed by atoms with Crippen LogP contribution >= 0.6 is 11.6 Å². The Morgan fingerprint density at radius 1 is 1.00 bits per heavy atom. The molecule has 216 valence electrons. The van der Waals surface area contributed by atoms with Crippen LogP contribution in [0.15, 0.2) is 59.5 Å². The number of hydrogen-bond acceptors (Lipinski definition) is 6. The molecular weight excluding hydrogens is 564 g/mol. The third-order valence-corrected chi connectivity index (χ3v) is 9.90. The molecule has 3 aromatic carbocycles. The van der Waals surface area contributed by atoms with Crippen molar-refractivity contribution >= 4 is 45.1 Å². The average molecular weight is 597 g/mol. The van der Waals surface area contributed by atoms with Gasteiger partial charge in [-0.3, -0.25) is 9.59 Å². The molecule has 1 atom stereocenters. The van der Waals surface area contributed by atoms with Gasteiger partial charge in [-0.15, -0.1) is 0 Å². The Hall–Kier alpha value is -3.53. The van der Waals surface area contributed by atoms with E-state index >= 15 is 0 Å². The van der Waals surface area contributed by atoms with E-state index in [-0.39, 0.29) is 42.1 Å². The molecule has 0 aliphatic carbocycles. The van der Waals surface area contributed by atoms with Gasteiger partial charge in [0.2, 0.25) is 15.9 Å². The quantitative estimate of drug-likeness (QED) is 0.245. The molecular formula is C31H33ClN2O6S. The lowest BCUT2D eigenvalue weighted by Gasteiger charge is -2.29. The predicted molar refractivity (Wildman–Crippen MR) is 158 cm³/mol. The summed E-state index contributed by atoms with van der Waals surface area (Å²) >= 11 is 6.16. The van der Waals surface area contributed by atoms with Crippen molar-refractivity contribution in [3.05, 3.63) is 93.0 Å². The van der Waals surface area contributed by atoms with E-state index in [1.54, 1.807) is 39.0 Å². The molecule has 1 unspecified atom stereocenters. The first-order valence-corrected chi connectivity index (χ1v) is 15.2. The summed E-state index contributed by atoms with van der Waals surface area (Å²) in [6.45, 7) is 9.08. The zero-order valence-corrected chi connectivity index (χ0v) is 25.3. The van der Waals surface area contributed by atoms with Crippen molar-refractivity contribution in [1.29, 1.82) is 0 Å². The third-order valence-electron chi connectivity index (χ3n) is 7.48. The average Bonchev–Trinajstić information content (AvgIpc) is 3.21. The van der Waals surface area contributed by atoms with E-state index in [1.165, 1.54) is 24.3 Å². The zero-order valence-electron chi connectivity index (χ0n) is 23.7. The number of ether oxygens (including phenoxy) is 1. The Balaban J connectivity index is 1.74. The summed E-state index contributed by atoms with van der Waals surface area (Å²) in [7, 11) is -4.22. The minimum absolute atomic E-state index is 0.0339. The Kier molecular flexibility index (Phi) is 9.01. The van der Waals surface area contributed by atoms with Crippen molar-refractivity contribution in [2.45, 2.75) is 58.4 Å². The molecule has 4 rings (SSSR count). The van der Waals surface area contributed by atoms with Crippen LogP contribution in [0.1, 0.15) is 51.5 Å². The predicted octanol–water partition coefficient (Wildman–Crippen LogP) is 5.32. The molecule has 1 aliphatic rings. The SMILES string of the molecule is CCOC(=O)c1ccc(N2C(=O)CC(N(CCc3cccc(Cl)c3)S(=O)(=O)c3c(C)c(C)cc(C)c3C)C2=O)cc1. The number of anilines is 1. The second kappa shape index (κ2) is 12.1. The highest BCUT2D eigenvalue weighted by molar-refractivity contribution is 7.89. The highest BCUT2D eigenvalue weighted by atomic mass is 35.5. The van der Waals surface area contributed by atoms with Crippen molar-refractivity contribution in [1.82, 2.24) is 4.31 Å². The first-order chi connectivity index (χ1) is 19.4. The molecule has 1 saturated heterocycles. The molecule has 0 bridgehead atoms. The Morgan fingerprint density at radius 3 is 2.22 bits per heavy atom. The van der Waals surface area contributed by atoms with Crippen LogP contribution in [0, 0.1) is 27.7 Å². The van der Waals surface area contributed by atoms with Gasteiger partial charge in [0.15, 0.2) is 0 Å². The number of esters is 1. The molecule has 8 nitrogen and oxygen atoms in total. The van der Waals surface area contributed by atoms with E-state index in [9.17, 15) is 22.8 Å². The van der Waals surface area contributed by atoms with Gasteiger partial charge in [-0.1, -0.05) is 29.8 Å². The van der Waals surface area contributed by atoms with Crippen molar-refractivity contribution in [3.8, 4) is 0 Å². The van der Waals surface area contributed by atoms with Crippen LogP contribution in [-0.2, 0) is 30.8 Å². The van der Waals surface area contributed by atoms with Crippen LogP contribution in [0.3, 0.4) is 0 Å². The minimum Gasteiger partial charge on any atom is -0.462 e. The highest BCUT2D eigenvalue weighted by Crippen LogP contribution is 2.34. The van der Waals surface area contributed by atoms with E-state index in [4.69, 9.17) is 16.3 Å². The van der Waals surface area contributed by atoms with Crippen LogP contribution in [0.25, 0.3) is 0 Å². The molecule has 0 radical (unpaired) electrons. The zero-order chi connectivity index (χ0) is 30.1. The molecule has 0 saturated carbocycles. The van der Waals surface area contributed by atoms with Crippen molar-refractivity contribution < 1.29 is 27.5 Å². The van der Waals surface area contributed by atoms with Gasteiger partial charge in [-0.05, 0) is 105 Å². The molecule has 41 heavy (non-hydrogen) atoms.